The molecule has 0 saturated carbocycles. The predicted molar refractivity (Wildman–Crippen MR) is 67.6 cm³/mol. The van der Waals surface area contributed by atoms with Crippen molar-refractivity contribution in [3.8, 4) is 0 Å². The fourth-order valence-electron chi connectivity index (χ4n) is 2.54. The van der Waals surface area contributed by atoms with Crippen LogP contribution in [-0.4, -0.2) is 35.2 Å². The van der Waals surface area contributed by atoms with Crippen molar-refractivity contribution in [2.75, 3.05) is 13.1 Å². The van der Waals surface area contributed by atoms with Gasteiger partial charge in [-0.05, 0) is 12.3 Å². The van der Waals surface area contributed by atoms with Crippen molar-refractivity contribution in [1.82, 2.24) is 15.4 Å². The molecule has 0 aromatic carbocycles. The van der Waals surface area contributed by atoms with E-state index in [2.05, 4.69) is 36.1 Å². The van der Waals surface area contributed by atoms with E-state index >= 15 is 0 Å². The molecule has 1 saturated heterocycles. The molecule has 17 heavy (non-hydrogen) atoms. The summed E-state index contributed by atoms with van der Waals surface area (Å²) in [5.74, 6) is 1.62. The van der Waals surface area contributed by atoms with E-state index in [0.717, 1.165) is 25.4 Å². The van der Waals surface area contributed by atoms with Crippen LogP contribution in [0.25, 0.3) is 0 Å². The third-order valence-corrected chi connectivity index (χ3v) is 3.65. The molecule has 1 aliphatic rings. The number of rotatable bonds is 4. The number of hydrogen-bond acceptors (Lipinski definition) is 4. The van der Waals surface area contributed by atoms with Gasteiger partial charge < -0.3 is 9.84 Å². The highest BCUT2D eigenvalue weighted by Crippen LogP contribution is 2.18. The average Bonchev–Trinajstić information content (AvgIpc) is 2.81. The van der Waals surface area contributed by atoms with Crippen molar-refractivity contribution in [3.05, 3.63) is 18.0 Å². The van der Waals surface area contributed by atoms with Crippen molar-refractivity contribution in [3.63, 3.8) is 0 Å². The fraction of sp³-hybridized carbons (Fsp3) is 0.769. The Morgan fingerprint density at radius 2 is 2.41 bits per heavy atom. The summed E-state index contributed by atoms with van der Waals surface area (Å²) in [5.41, 5.74) is 0. The van der Waals surface area contributed by atoms with E-state index in [1.165, 1.54) is 6.42 Å². The van der Waals surface area contributed by atoms with Gasteiger partial charge in [-0.15, -0.1) is 0 Å². The Morgan fingerprint density at radius 3 is 3.00 bits per heavy atom. The number of piperazine rings is 1. The molecule has 4 heteroatoms. The zero-order chi connectivity index (χ0) is 12.3. The van der Waals surface area contributed by atoms with Crippen LogP contribution in [0.4, 0.5) is 0 Å². The molecule has 2 heterocycles. The molecule has 1 aromatic heterocycles. The molecule has 2 unspecified atom stereocenters. The van der Waals surface area contributed by atoms with Crippen LogP contribution >= 0.6 is 0 Å². The molecule has 0 spiro atoms. The van der Waals surface area contributed by atoms with Gasteiger partial charge in [0.2, 0.25) is 0 Å². The van der Waals surface area contributed by atoms with Gasteiger partial charge in [0.05, 0.1) is 12.7 Å². The topological polar surface area (TPSA) is 41.3 Å². The Kier molecular flexibility index (Phi) is 4.18. The molecule has 2 rings (SSSR count). The van der Waals surface area contributed by atoms with Crippen molar-refractivity contribution >= 4 is 0 Å². The molecule has 1 aliphatic heterocycles. The summed E-state index contributed by atoms with van der Waals surface area (Å²) in [6.45, 7) is 9.85. The van der Waals surface area contributed by atoms with Gasteiger partial charge in [-0.3, -0.25) is 4.90 Å². The lowest BCUT2D eigenvalue weighted by molar-refractivity contribution is 0.0809. The second kappa shape index (κ2) is 5.65. The summed E-state index contributed by atoms with van der Waals surface area (Å²) in [6.07, 6.45) is 2.90. The van der Waals surface area contributed by atoms with Crippen LogP contribution in [-0.2, 0) is 6.54 Å². The lowest BCUT2D eigenvalue weighted by Gasteiger charge is -2.41. The molecule has 1 aromatic rings. The summed E-state index contributed by atoms with van der Waals surface area (Å²) in [4.78, 5) is 2.52. The minimum Gasteiger partial charge on any atom is -0.360 e. The van der Waals surface area contributed by atoms with Gasteiger partial charge in [-0.1, -0.05) is 25.9 Å². The van der Waals surface area contributed by atoms with Crippen LogP contribution < -0.4 is 5.32 Å². The van der Waals surface area contributed by atoms with Crippen LogP contribution in [0.1, 0.15) is 33.0 Å². The maximum Gasteiger partial charge on any atom is 0.150 e. The van der Waals surface area contributed by atoms with Gasteiger partial charge in [0.25, 0.3) is 0 Å². The Balaban J connectivity index is 2.02. The van der Waals surface area contributed by atoms with E-state index in [1.54, 1.807) is 6.20 Å². The zero-order valence-corrected chi connectivity index (χ0v) is 11.0. The quantitative estimate of drug-likeness (QED) is 0.868. The van der Waals surface area contributed by atoms with Crippen molar-refractivity contribution < 1.29 is 4.52 Å². The van der Waals surface area contributed by atoms with Gasteiger partial charge in [0.1, 0.15) is 0 Å². The molecule has 0 radical (unpaired) electrons. The van der Waals surface area contributed by atoms with Gasteiger partial charge in [0, 0.05) is 31.2 Å². The minimum absolute atomic E-state index is 0.586. The van der Waals surface area contributed by atoms with E-state index in [-0.39, 0.29) is 0 Å². The first-order valence-electron chi connectivity index (χ1n) is 6.57. The Bertz CT molecular complexity index is 323. The summed E-state index contributed by atoms with van der Waals surface area (Å²) in [6, 6.07) is 3.15. The molecule has 4 nitrogen and oxygen atoms in total. The van der Waals surface area contributed by atoms with E-state index < -0.39 is 0 Å². The smallest absolute Gasteiger partial charge is 0.150 e. The van der Waals surface area contributed by atoms with Gasteiger partial charge in [0.15, 0.2) is 5.76 Å². The highest BCUT2D eigenvalue weighted by Gasteiger charge is 2.29. The van der Waals surface area contributed by atoms with Gasteiger partial charge >= 0.3 is 0 Å². The number of aromatic nitrogens is 1. The molecule has 0 amide bonds. The van der Waals surface area contributed by atoms with Crippen LogP contribution in [0.5, 0.6) is 0 Å². The van der Waals surface area contributed by atoms with Gasteiger partial charge in [-0.25, -0.2) is 0 Å². The zero-order valence-electron chi connectivity index (χ0n) is 11.0. The predicted octanol–water partition coefficient (Wildman–Crippen LogP) is 1.88. The van der Waals surface area contributed by atoms with E-state index in [4.69, 9.17) is 4.52 Å². The molecule has 96 valence electrons. The number of hydrogen-bond donors (Lipinski definition) is 1. The second-order valence-corrected chi connectivity index (χ2v) is 5.23. The highest BCUT2D eigenvalue weighted by molar-refractivity contribution is 4.96. The maximum absolute atomic E-state index is 5.22. The lowest BCUT2D eigenvalue weighted by Crippen LogP contribution is -2.57. The van der Waals surface area contributed by atoms with Crippen molar-refractivity contribution in [1.29, 1.82) is 0 Å². The highest BCUT2D eigenvalue weighted by atomic mass is 16.5. The molecule has 0 bridgehead atoms. The van der Waals surface area contributed by atoms with Crippen LogP contribution in [0.15, 0.2) is 16.8 Å². The summed E-state index contributed by atoms with van der Waals surface area (Å²) >= 11 is 0. The SMILES string of the molecule is CCC1CN(Cc2ccno2)C(C(C)C)CN1. The monoisotopic (exact) mass is 237 g/mol. The molecular weight excluding hydrogens is 214 g/mol. The molecule has 0 aliphatic carbocycles. The van der Waals surface area contributed by atoms with Crippen LogP contribution in [0.2, 0.25) is 0 Å². The standard InChI is InChI=1S/C13H23N3O/c1-4-11-8-16(9-12-5-6-15-17-12)13(7-14-11)10(2)3/h5-6,10-11,13-14H,4,7-9H2,1-3H3. The van der Waals surface area contributed by atoms with E-state index in [0.29, 0.717) is 18.0 Å². The van der Waals surface area contributed by atoms with E-state index in [9.17, 15) is 0 Å². The summed E-state index contributed by atoms with van der Waals surface area (Å²) < 4.78 is 5.22. The molecule has 1 fully saturated rings. The third-order valence-electron chi connectivity index (χ3n) is 3.65. The summed E-state index contributed by atoms with van der Waals surface area (Å²) in [5, 5.41) is 7.40. The van der Waals surface area contributed by atoms with Crippen LogP contribution in [0.3, 0.4) is 0 Å². The Morgan fingerprint density at radius 1 is 1.59 bits per heavy atom. The van der Waals surface area contributed by atoms with E-state index in [1.807, 2.05) is 6.07 Å². The Labute approximate surface area is 103 Å². The second-order valence-electron chi connectivity index (χ2n) is 5.23. The van der Waals surface area contributed by atoms with Crippen molar-refractivity contribution in [2.45, 2.75) is 45.8 Å². The third kappa shape index (κ3) is 3.07. The fourth-order valence-corrected chi connectivity index (χ4v) is 2.54. The maximum atomic E-state index is 5.22. The average molecular weight is 237 g/mol. The first kappa shape index (κ1) is 12.6. The first-order valence-corrected chi connectivity index (χ1v) is 6.57. The molecule has 2 atom stereocenters. The summed E-state index contributed by atoms with van der Waals surface area (Å²) in [7, 11) is 0. The number of nitrogens with zero attached hydrogens (tertiary/aromatic N) is 2. The largest absolute Gasteiger partial charge is 0.360 e. The molecular formula is C13H23N3O. The van der Waals surface area contributed by atoms with Gasteiger partial charge in [-0.2, -0.15) is 0 Å². The first-order chi connectivity index (χ1) is 8.20. The molecule has 1 N–H and O–H groups in total. The minimum atomic E-state index is 0.586. The number of nitrogens with one attached hydrogen (secondary N) is 1. The normalized spacial score (nSPS) is 26.6. The van der Waals surface area contributed by atoms with Crippen LogP contribution in [0, 0.1) is 5.92 Å². The Hall–Kier alpha value is -0.870. The lowest BCUT2D eigenvalue weighted by atomic mass is 9.97. The van der Waals surface area contributed by atoms with Crippen molar-refractivity contribution in [2.24, 2.45) is 5.92 Å².